The molecule has 0 aliphatic rings. The van der Waals surface area contributed by atoms with E-state index >= 15 is 0 Å². The molecule has 1 aromatic rings. The third kappa shape index (κ3) is 6.54. The minimum absolute atomic E-state index is 0.0303. The number of nitrogens with zero attached hydrogens (tertiary/aromatic N) is 3. The zero-order chi connectivity index (χ0) is 12.5. The van der Waals surface area contributed by atoms with Crippen molar-refractivity contribution in [2.45, 2.75) is 0 Å². The number of hydrogen-bond acceptors (Lipinski definition) is 7. The van der Waals surface area contributed by atoms with Crippen LogP contribution in [0.4, 0.5) is 0 Å². The fraction of sp³-hybridized carbons (Fsp3) is 0.625. The number of halogens is 2. The molecule has 0 aromatic carbocycles. The first kappa shape index (κ1) is 14.3. The first-order valence-electron chi connectivity index (χ1n) is 4.68. The summed E-state index contributed by atoms with van der Waals surface area (Å²) in [7, 11) is 0. The number of rotatable bonds is 8. The van der Waals surface area contributed by atoms with Gasteiger partial charge in [0.05, 0.1) is 19.8 Å². The van der Waals surface area contributed by atoms with Crippen molar-refractivity contribution in [1.29, 1.82) is 0 Å². The normalized spacial score (nSPS) is 10.5. The molecular formula is C8H11Cl2N3O4. The van der Waals surface area contributed by atoms with Gasteiger partial charge in [0.2, 0.25) is 10.6 Å². The van der Waals surface area contributed by atoms with Gasteiger partial charge in [-0.1, -0.05) is 0 Å². The van der Waals surface area contributed by atoms with Crippen LogP contribution in [0.2, 0.25) is 10.6 Å². The first-order chi connectivity index (χ1) is 8.22. The topological polar surface area (TPSA) is 86.6 Å². The number of ether oxygens (including phenoxy) is 3. The Morgan fingerprint density at radius 2 is 1.47 bits per heavy atom. The van der Waals surface area contributed by atoms with Crippen molar-refractivity contribution in [1.82, 2.24) is 15.0 Å². The second-order valence-corrected chi connectivity index (χ2v) is 3.33. The molecule has 96 valence electrons. The minimum Gasteiger partial charge on any atom is -0.461 e. The summed E-state index contributed by atoms with van der Waals surface area (Å²) in [4.78, 5) is 11.0. The molecule has 1 aromatic heterocycles. The molecule has 0 unspecified atom stereocenters. The van der Waals surface area contributed by atoms with E-state index in [4.69, 9.17) is 37.8 Å². The van der Waals surface area contributed by atoms with Gasteiger partial charge in [-0.3, -0.25) is 0 Å². The minimum atomic E-state index is -0.318. The maximum absolute atomic E-state index is 8.32. The number of aliphatic hydroxyl groups excluding tert-OH is 1. The molecule has 0 fully saturated rings. The zero-order valence-corrected chi connectivity index (χ0v) is 10.3. The van der Waals surface area contributed by atoms with Crippen molar-refractivity contribution in [3.05, 3.63) is 10.6 Å². The molecule has 7 nitrogen and oxygen atoms in total. The van der Waals surface area contributed by atoms with E-state index in [9.17, 15) is 0 Å². The summed E-state index contributed by atoms with van der Waals surface area (Å²) in [6, 6.07) is 0.0465. The van der Waals surface area contributed by atoms with Crippen molar-refractivity contribution in [3.63, 3.8) is 0 Å². The van der Waals surface area contributed by atoms with Gasteiger partial charge in [0.25, 0.3) is 0 Å². The summed E-state index contributed by atoms with van der Waals surface area (Å²) in [5.41, 5.74) is 0. The monoisotopic (exact) mass is 283 g/mol. The molecular weight excluding hydrogens is 273 g/mol. The Labute approximate surface area is 108 Å². The van der Waals surface area contributed by atoms with E-state index in [0.29, 0.717) is 19.8 Å². The van der Waals surface area contributed by atoms with Crippen molar-refractivity contribution < 1.29 is 19.3 Å². The van der Waals surface area contributed by atoms with E-state index in [1.165, 1.54) is 0 Å². The quantitative estimate of drug-likeness (QED) is 0.550. The van der Waals surface area contributed by atoms with Gasteiger partial charge < -0.3 is 19.3 Å². The summed E-state index contributed by atoms with van der Waals surface area (Å²) in [5.74, 6) is 0. The molecule has 0 bridgehead atoms. The van der Waals surface area contributed by atoms with Gasteiger partial charge in [-0.25, -0.2) is 0 Å². The SMILES string of the molecule is OCOCCOCCOc1nc(Cl)nc(Cl)n1. The Morgan fingerprint density at radius 1 is 0.882 bits per heavy atom. The van der Waals surface area contributed by atoms with Crippen LogP contribution in [0.15, 0.2) is 0 Å². The molecule has 0 saturated heterocycles. The summed E-state index contributed by atoms with van der Waals surface area (Å²) in [5, 5.41) is 8.26. The molecule has 0 spiro atoms. The fourth-order valence-electron chi connectivity index (χ4n) is 0.850. The highest BCUT2D eigenvalue weighted by Crippen LogP contribution is 2.10. The van der Waals surface area contributed by atoms with E-state index in [0.717, 1.165) is 0 Å². The molecule has 1 N–H and O–H groups in total. The fourth-order valence-corrected chi connectivity index (χ4v) is 1.20. The van der Waals surface area contributed by atoms with E-state index < -0.39 is 0 Å². The molecule has 0 aliphatic heterocycles. The van der Waals surface area contributed by atoms with E-state index in [1.807, 2.05) is 0 Å². The molecule has 17 heavy (non-hydrogen) atoms. The second kappa shape index (κ2) is 8.37. The molecule has 0 radical (unpaired) electrons. The Morgan fingerprint density at radius 3 is 2.12 bits per heavy atom. The predicted molar refractivity (Wildman–Crippen MR) is 59.2 cm³/mol. The maximum atomic E-state index is 8.32. The summed E-state index contributed by atoms with van der Waals surface area (Å²) in [6.45, 7) is 0.940. The van der Waals surface area contributed by atoms with Crippen LogP contribution in [-0.2, 0) is 9.47 Å². The van der Waals surface area contributed by atoms with Crippen LogP contribution in [0.5, 0.6) is 6.01 Å². The molecule has 9 heteroatoms. The van der Waals surface area contributed by atoms with Gasteiger partial charge >= 0.3 is 6.01 Å². The van der Waals surface area contributed by atoms with Gasteiger partial charge in [0.1, 0.15) is 13.4 Å². The predicted octanol–water partition coefficient (Wildman–Crippen LogP) is 0.540. The third-order valence-corrected chi connectivity index (χ3v) is 1.82. The number of aliphatic hydroxyl groups is 1. The zero-order valence-electron chi connectivity index (χ0n) is 8.81. The Balaban J connectivity index is 2.13. The van der Waals surface area contributed by atoms with Gasteiger partial charge in [-0.05, 0) is 23.2 Å². The first-order valence-corrected chi connectivity index (χ1v) is 5.44. The van der Waals surface area contributed by atoms with Gasteiger partial charge in [-0.2, -0.15) is 15.0 Å². The van der Waals surface area contributed by atoms with Crippen LogP contribution in [0, 0.1) is 0 Å². The van der Waals surface area contributed by atoms with Crippen molar-refractivity contribution in [3.8, 4) is 6.01 Å². The van der Waals surface area contributed by atoms with Crippen LogP contribution >= 0.6 is 23.2 Å². The summed E-state index contributed by atoms with van der Waals surface area (Å²) < 4.78 is 14.9. The average molecular weight is 284 g/mol. The molecule has 1 rings (SSSR count). The number of hydrogen-bond donors (Lipinski definition) is 1. The lowest BCUT2D eigenvalue weighted by atomic mass is 10.7. The van der Waals surface area contributed by atoms with E-state index in [1.54, 1.807) is 0 Å². The Kier molecular flexibility index (Phi) is 7.06. The van der Waals surface area contributed by atoms with Crippen molar-refractivity contribution in [2.24, 2.45) is 0 Å². The van der Waals surface area contributed by atoms with Gasteiger partial charge in [0, 0.05) is 0 Å². The standard InChI is InChI=1S/C8H11Cl2N3O4/c9-6-11-7(10)13-8(12-6)17-4-3-15-1-2-16-5-14/h14H,1-5H2. The van der Waals surface area contributed by atoms with Crippen molar-refractivity contribution in [2.75, 3.05) is 33.2 Å². The smallest absolute Gasteiger partial charge is 0.322 e. The lowest BCUT2D eigenvalue weighted by Gasteiger charge is -2.05. The van der Waals surface area contributed by atoms with Crippen LogP contribution in [0.3, 0.4) is 0 Å². The molecule has 0 atom stereocenters. The summed E-state index contributed by atoms with van der Waals surface area (Å²) in [6.07, 6.45) is 0. The van der Waals surface area contributed by atoms with Crippen LogP contribution in [0.25, 0.3) is 0 Å². The van der Waals surface area contributed by atoms with Crippen LogP contribution in [-0.4, -0.2) is 53.3 Å². The lowest BCUT2D eigenvalue weighted by molar-refractivity contribution is -0.0320. The Hall–Kier alpha value is -0.730. The number of aromatic nitrogens is 3. The highest BCUT2D eigenvalue weighted by atomic mass is 35.5. The molecule has 0 saturated carbocycles. The highest BCUT2D eigenvalue weighted by molar-refractivity contribution is 6.31. The lowest BCUT2D eigenvalue weighted by Crippen LogP contribution is -2.12. The van der Waals surface area contributed by atoms with E-state index in [-0.39, 0.29) is 30.0 Å². The van der Waals surface area contributed by atoms with Gasteiger partial charge in [-0.15, -0.1) is 0 Å². The third-order valence-electron chi connectivity index (χ3n) is 1.48. The summed E-state index contributed by atoms with van der Waals surface area (Å²) >= 11 is 11.1. The average Bonchev–Trinajstić information content (AvgIpc) is 2.26. The highest BCUT2D eigenvalue weighted by Gasteiger charge is 2.03. The maximum Gasteiger partial charge on any atom is 0.322 e. The van der Waals surface area contributed by atoms with Crippen LogP contribution < -0.4 is 4.74 Å². The Bertz CT molecular complexity index is 322. The second-order valence-electron chi connectivity index (χ2n) is 2.65. The van der Waals surface area contributed by atoms with Crippen molar-refractivity contribution >= 4 is 23.2 Å². The van der Waals surface area contributed by atoms with Gasteiger partial charge in [0.15, 0.2) is 0 Å². The molecule has 0 amide bonds. The molecule has 0 aliphatic carbocycles. The molecule has 1 heterocycles. The van der Waals surface area contributed by atoms with E-state index in [2.05, 4.69) is 19.7 Å². The van der Waals surface area contributed by atoms with Crippen LogP contribution in [0.1, 0.15) is 0 Å². The largest absolute Gasteiger partial charge is 0.461 e.